The van der Waals surface area contributed by atoms with Gasteiger partial charge in [0.2, 0.25) is 0 Å². The molecule has 0 bridgehead atoms. The molecule has 2 aromatic rings. The molecule has 0 fully saturated rings. The number of methoxy groups -OCH3 is 2. The quantitative estimate of drug-likeness (QED) is 0.850. The molecule has 6 heteroatoms. The number of anilines is 1. The van der Waals surface area contributed by atoms with Gasteiger partial charge in [0.25, 0.3) is 0 Å². The van der Waals surface area contributed by atoms with Gasteiger partial charge in [-0.2, -0.15) is 0 Å². The van der Waals surface area contributed by atoms with Crippen molar-refractivity contribution in [3.8, 4) is 11.5 Å². The molecule has 0 spiro atoms. The molecule has 0 atom stereocenters. The zero-order chi connectivity index (χ0) is 13.7. The molecule has 0 aliphatic heterocycles. The third-order valence-corrected chi connectivity index (χ3v) is 2.78. The molecule has 2 rings (SSSR count). The minimum atomic E-state index is 0.587. The zero-order valence-electron chi connectivity index (χ0n) is 10.8. The molecule has 0 aliphatic rings. The highest BCUT2D eigenvalue weighted by Crippen LogP contribution is 2.29. The minimum absolute atomic E-state index is 0.587. The highest BCUT2D eigenvalue weighted by atomic mass is 32.1. The summed E-state index contributed by atoms with van der Waals surface area (Å²) in [6.45, 7) is 0.587. The van der Waals surface area contributed by atoms with Gasteiger partial charge in [-0.05, 0) is 12.1 Å². The maximum absolute atomic E-state index is 5.29. The van der Waals surface area contributed by atoms with E-state index >= 15 is 0 Å². The largest absolute Gasteiger partial charge is 0.493 e. The number of aromatic nitrogens is 2. The van der Waals surface area contributed by atoms with Crippen molar-refractivity contribution in [2.24, 2.45) is 0 Å². The number of rotatable bonds is 5. The van der Waals surface area contributed by atoms with E-state index in [9.17, 15) is 0 Å². The van der Waals surface area contributed by atoms with Crippen molar-refractivity contribution in [1.82, 2.24) is 9.55 Å². The molecule has 5 nitrogen and oxygen atoms in total. The van der Waals surface area contributed by atoms with Crippen LogP contribution in [0.25, 0.3) is 0 Å². The monoisotopic (exact) mass is 277 g/mol. The summed E-state index contributed by atoms with van der Waals surface area (Å²) in [7, 11) is 3.21. The van der Waals surface area contributed by atoms with E-state index in [1.165, 1.54) is 0 Å². The van der Waals surface area contributed by atoms with Gasteiger partial charge in [0.05, 0.1) is 32.1 Å². The Kier molecular flexibility index (Phi) is 4.35. The fourth-order valence-corrected chi connectivity index (χ4v) is 1.93. The van der Waals surface area contributed by atoms with Crippen LogP contribution in [-0.2, 0) is 6.54 Å². The van der Waals surface area contributed by atoms with Crippen molar-refractivity contribution < 1.29 is 9.47 Å². The fraction of sp³-hybridized carbons (Fsp3) is 0.231. The molecule has 0 unspecified atom stereocenters. The molecule has 1 aromatic carbocycles. The summed E-state index contributed by atoms with van der Waals surface area (Å²) in [6.07, 6.45) is 5.31. The van der Waals surface area contributed by atoms with Crippen LogP contribution in [0.2, 0.25) is 0 Å². The van der Waals surface area contributed by atoms with Crippen LogP contribution >= 0.6 is 12.2 Å². The van der Waals surface area contributed by atoms with Gasteiger partial charge >= 0.3 is 0 Å². The maximum atomic E-state index is 5.29. The zero-order valence-corrected chi connectivity index (χ0v) is 11.6. The van der Waals surface area contributed by atoms with Crippen LogP contribution in [0, 0.1) is 0 Å². The molecule has 100 valence electrons. The second-order valence-electron chi connectivity index (χ2n) is 3.85. The Morgan fingerprint density at radius 1 is 1.32 bits per heavy atom. The molecule has 0 amide bonds. The van der Waals surface area contributed by atoms with E-state index in [1.54, 1.807) is 26.7 Å². The standard InChI is InChI=1S/C13H15N3O2S/c1-17-11-4-3-10(7-12(11)18-2)15-13(19)8-16-6-5-14-9-16/h3-7,9H,8H2,1-2H3,(H,15,19). The number of ether oxygens (including phenoxy) is 2. The number of nitrogens with zero attached hydrogens (tertiary/aromatic N) is 2. The lowest BCUT2D eigenvalue weighted by molar-refractivity contribution is 0.355. The number of imidazole rings is 1. The average molecular weight is 277 g/mol. The van der Waals surface area contributed by atoms with Crippen molar-refractivity contribution in [1.29, 1.82) is 0 Å². The van der Waals surface area contributed by atoms with Gasteiger partial charge in [-0.3, -0.25) is 0 Å². The first-order valence-corrected chi connectivity index (χ1v) is 6.11. The minimum Gasteiger partial charge on any atom is -0.493 e. The maximum Gasteiger partial charge on any atom is 0.162 e. The normalized spacial score (nSPS) is 10.0. The summed E-state index contributed by atoms with van der Waals surface area (Å²) in [6, 6.07) is 5.57. The predicted molar refractivity (Wildman–Crippen MR) is 78.0 cm³/mol. The summed E-state index contributed by atoms with van der Waals surface area (Å²) in [5.41, 5.74) is 0.864. The second-order valence-corrected chi connectivity index (χ2v) is 4.35. The highest BCUT2D eigenvalue weighted by molar-refractivity contribution is 7.80. The fourth-order valence-electron chi connectivity index (χ4n) is 1.66. The molecule has 1 aromatic heterocycles. The smallest absolute Gasteiger partial charge is 0.162 e. The van der Waals surface area contributed by atoms with Crippen LogP contribution in [0.15, 0.2) is 36.9 Å². The number of hydrogen-bond acceptors (Lipinski definition) is 4. The van der Waals surface area contributed by atoms with E-state index in [-0.39, 0.29) is 0 Å². The van der Waals surface area contributed by atoms with E-state index in [2.05, 4.69) is 10.3 Å². The van der Waals surface area contributed by atoms with Gasteiger partial charge in [-0.25, -0.2) is 4.98 Å². The van der Waals surface area contributed by atoms with Crippen LogP contribution in [0.1, 0.15) is 0 Å². The Hall–Kier alpha value is -2.08. The van der Waals surface area contributed by atoms with Gasteiger partial charge in [0.15, 0.2) is 11.5 Å². The van der Waals surface area contributed by atoms with Crippen molar-refractivity contribution >= 4 is 22.9 Å². The number of thiocarbonyl (C=S) groups is 1. The van der Waals surface area contributed by atoms with Gasteiger partial charge in [0, 0.05) is 24.1 Å². The number of nitrogens with one attached hydrogen (secondary N) is 1. The molecule has 0 saturated heterocycles. The van der Waals surface area contributed by atoms with Crippen molar-refractivity contribution in [3.63, 3.8) is 0 Å². The molecule has 0 aliphatic carbocycles. The molecule has 1 N–H and O–H groups in total. The highest BCUT2D eigenvalue weighted by Gasteiger charge is 2.05. The predicted octanol–water partition coefficient (Wildman–Crippen LogP) is 2.34. The van der Waals surface area contributed by atoms with E-state index in [4.69, 9.17) is 21.7 Å². The van der Waals surface area contributed by atoms with Crippen LogP contribution < -0.4 is 14.8 Å². The Morgan fingerprint density at radius 3 is 2.74 bits per heavy atom. The Morgan fingerprint density at radius 2 is 2.11 bits per heavy atom. The van der Waals surface area contributed by atoms with E-state index in [1.807, 2.05) is 29.0 Å². The topological polar surface area (TPSA) is 48.3 Å². The van der Waals surface area contributed by atoms with Crippen molar-refractivity contribution in [3.05, 3.63) is 36.9 Å². The summed E-state index contributed by atoms with van der Waals surface area (Å²) >= 11 is 5.29. The van der Waals surface area contributed by atoms with Gasteiger partial charge in [0.1, 0.15) is 0 Å². The molecule has 0 radical (unpaired) electrons. The first kappa shape index (κ1) is 13.4. The molecule has 19 heavy (non-hydrogen) atoms. The Labute approximate surface area is 117 Å². The summed E-state index contributed by atoms with van der Waals surface area (Å²) in [5.74, 6) is 1.35. The van der Waals surface area contributed by atoms with Crippen molar-refractivity contribution in [2.45, 2.75) is 6.54 Å². The number of hydrogen-bond donors (Lipinski definition) is 1. The summed E-state index contributed by atoms with van der Waals surface area (Å²) < 4.78 is 12.3. The SMILES string of the molecule is COc1ccc(NC(=S)Cn2ccnc2)cc1OC. The Balaban J connectivity index is 2.04. The molecule has 1 heterocycles. The second kappa shape index (κ2) is 6.19. The lowest BCUT2D eigenvalue weighted by Gasteiger charge is -2.12. The van der Waals surface area contributed by atoms with E-state index < -0.39 is 0 Å². The first-order chi connectivity index (χ1) is 9.22. The molecular weight excluding hydrogens is 262 g/mol. The third kappa shape index (κ3) is 3.45. The summed E-state index contributed by atoms with van der Waals surface area (Å²) in [5, 5.41) is 3.15. The van der Waals surface area contributed by atoms with Gasteiger partial charge in [-0.1, -0.05) is 12.2 Å². The van der Waals surface area contributed by atoms with Crippen LogP contribution in [-0.4, -0.2) is 28.8 Å². The molecular formula is C13H15N3O2S. The van der Waals surface area contributed by atoms with Gasteiger partial charge in [-0.15, -0.1) is 0 Å². The molecule has 0 saturated carbocycles. The van der Waals surface area contributed by atoms with Crippen molar-refractivity contribution in [2.75, 3.05) is 19.5 Å². The lowest BCUT2D eigenvalue weighted by Crippen LogP contribution is -2.15. The van der Waals surface area contributed by atoms with Gasteiger partial charge < -0.3 is 19.4 Å². The average Bonchev–Trinajstić information content (AvgIpc) is 2.91. The summed E-state index contributed by atoms with van der Waals surface area (Å²) in [4.78, 5) is 4.67. The van der Waals surface area contributed by atoms with E-state index in [0.717, 1.165) is 5.69 Å². The van der Waals surface area contributed by atoms with Crippen LogP contribution in [0.3, 0.4) is 0 Å². The Bertz CT molecular complexity index is 555. The van der Waals surface area contributed by atoms with E-state index in [0.29, 0.717) is 23.0 Å². The first-order valence-electron chi connectivity index (χ1n) is 5.70. The third-order valence-electron chi connectivity index (χ3n) is 2.55. The lowest BCUT2D eigenvalue weighted by atomic mass is 10.2. The number of benzene rings is 1. The van der Waals surface area contributed by atoms with Crippen LogP contribution in [0.5, 0.6) is 11.5 Å². The van der Waals surface area contributed by atoms with Crippen LogP contribution in [0.4, 0.5) is 5.69 Å².